The predicted octanol–water partition coefficient (Wildman–Crippen LogP) is 3.79. The van der Waals surface area contributed by atoms with Crippen molar-refractivity contribution in [3.63, 3.8) is 0 Å². The number of aryl methyl sites for hydroxylation is 2. The Kier molecular flexibility index (Phi) is 7.14. The van der Waals surface area contributed by atoms with Crippen molar-refractivity contribution in [2.75, 3.05) is 6.61 Å². The molecule has 0 unspecified atom stereocenters. The molecule has 0 radical (unpaired) electrons. The molecule has 2 rings (SSSR count). The molecule has 0 aliphatic heterocycles. The van der Waals surface area contributed by atoms with E-state index in [2.05, 4.69) is 20.7 Å². The maximum Gasteiger partial charge on any atom is 0.339 e. The first kappa shape index (κ1) is 22.3. The highest BCUT2D eigenvalue weighted by molar-refractivity contribution is 9.10. The second kappa shape index (κ2) is 8.98. The summed E-state index contributed by atoms with van der Waals surface area (Å²) in [5.74, 6) is -1.11. The van der Waals surface area contributed by atoms with Crippen LogP contribution in [0, 0.1) is 13.8 Å². The highest BCUT2D eigenvalue weighted by Crippen LogP contribution is 2.22. The normalized spacial score (nSPS) is 11.5. The molecular formula is C20H22BrNO5S. The summed E-state index contributed by atoms with van der Waals surface area (Å²) in [5.41, 5.74) is 2.24. The molecular weight excluding hydrogens is 446 g/mol. The van der Waals surface area contributed by atoms with Crippen LogP contribution in [0.4, 0.5) is 0 Å². The third-order valence-corrected chi connectivity index (χ3v) is 6.23. The van der Waals surface area contributed by atoms with Crippen molar-refractivity contribution in [2.45, 2.75) is 38.6 Å². The third-order valence-electron chi connectivity index (χ3n) is 3.89. The molecule has 0 heterocycles. The zero-order chi connectivity index (χ0) is 21.1. The highest BCUT2D eigenvalue weighted by Gasteiger charge is 2.21. The van der Waals surface area contributed by atoms with Gasteiger partial charge in [-0.3, -0.25) is 4.79 Å². The summed E-state index contributed by atoms with van der Waals surface area (Å²) in [4.78, 5) is 24.8. The number of ether oxygens (including phenoxy) is 1. The number of esters is 1. The zero-order valence-electron chi connectivity index (χ0n) is 16.1. The molecule has 28 heavy (non-hydrogen) atoms. The number of hydrogen-bond acceptors (Lipinski definition) is 5. The van der Waals surface area contributed by atoms with Crippen LogP contribution in [0.3, 0.4) is 0 Å². The van der Waals surface area contributed by atoms with Crippen LogP contribution in [0.1, 0.15) is 45.7 Å². The summed E-state index contributed by atoms with van der Waals surface area (Å²) < 4.78 is 32.6. The van der Waals surface area contributed by atoms with E-state index in [1.807, 2.05) is 19.1 Å². The molecule has 0 saturated carbocycles. The summed E-state index contributed by atoms with van der Waals surface area (Å²) in [6.45, 7) is 6.64. The van der Waals surface area contributed by atoms with Crippen molar-refractivity contribution < 1.29 is 22.7 Å². The van der Waals surface area contributed by atoms with Crippen LogP contribution in [-0.4, -0.2) is 32.8 Å². The first-order valence-corrected chi connectivity index (χ1v) is 10.9. The Morgan fingerprint density at radius 2 is 1.75 bits per heavy atom. The van der Waals surface area contributed by atoms with Crippen LogP contribution in [0.2, 0.25) is 0 Å². The summed E-state index contributed by atoms with van der Waals surface area (Å²) in [7, 11) is -3.76. The number of benzene rings is 2. The van der Waals surface area contributed by atoms with Gasteiger partial charge in [0.05, 0.1) is 10.5 Å². The topological polar surface area (TPSA) is 89.5 Å². The number of sulfonamides is 1. The Bertz CT molecular complexity index is 1020. The fourth-order valence-electron chi connectivity index (χ4n) is 2.53. The molecule has 6 nitrogen and oxygen atoms in total. The fraction of sp³-hybridized carbons (Fsp3) is 0.300. The van der Waals surface area contributed by atoms with E-state index >= 15 is 0 Å². The number of halogens is 1. The molecule has 8 heteroatoms. The van der Waals surface area contributed by atoms with E-state index in [9.17, 15) is 18.0 Å². The number of carbonyl (C=O) groups is 2. The largest absolute Gasteiger partial charge is 0.454 e. The smallest absolute Gasteiger partial charge is 0.339 e. The Morgan fingerprint density at radius 3 is 2.39 bits per heavy atom. The number of hydrogen-bond donors (Lipinski definition) is 1. The zero-order valence-corrected chi connectivity index (χ0v) is 18.5. The molecule has 0 amide bonds. The Labute approximate surface area is 173 Å². The van der Waals surface area contributed by atoms with Crippen molar-refractivity contribution >= 4 is 37.7 Å². The van der Waals surface area contributed by atoms with Crippen molar-refractivity contribution in [3.8, 4) is 0 Å². The quantitative estimate of drug-likeness (QED) is 0.494. The van der Waals surface area contributed by atoms with Crippen molar-refractivity contribution in [3.05, 3.63) is 63.1 Å². The summed E-state index contributed by atoms with van der Waals surface area (Å²) >= 11 is 3.22. The number of nitrogens with one attached hydrogen (secondary N) is 1. The molecule has 0 saturated heterocycles. The standard InChI is InChI=1S/C20H22BrNO5S/c1-12(2)22-28(25,26)15-7-8-18(21)17(10-15)20(24)27-11-19(23)16-9-13(3)5-6-14(16)4/h5-10,12,22H,11H2,1-4H3. The van der Waals surface area contributed by atoms with E-state index in [1.54, 1.807) is 26.8 Å². The van der Waals surface area contributed by atoms with Gasteiger partial charge in [0.15, 0.2) is 6.61 Å². The van der Waals surface area contributed by atoms with Crippen molar-refractivity contribution in [2.24, 2.45) is 0 Å². The number of Topliss-reactive ketones (excluding diaryl/α,β-unsaturated/α-hetero) is 1. The summed E-state index contributed by atoms with van der Waals surface area (Å²) in [6, 6.07) is 9.24. The average Bonchev–Trinajstić information content (AvgIpc) is 2.60. The van der Waals surface area contributed by atoms with Crippen LogP contribution in [0.5, 0.6) is 0 Å². The van der Waals surface area contributed by atoms with Gasteiger partial charge in [0, 0.05) is 16.1 Å². The first-order chi connectivity index (χ1) is 13.0. The minimum absolute atomic E-state index is 0.0281. The molecule has 1 N–H and O–H groups in total. The van der Waals surface area contributed by atoms with Gasteiger partial charge in [0.1, 0.15) is 0 Å². The van der Waals surface area contributed by atoms with Crippen LogP contribution in [-0.2, 0) is 14.8 Å². The van der Waals surface area contributed by atoms with Crippen molar-refractivity contribution in [1.29, 1.82) is 0 Å². The van der Waals surface area contributed by atoms with E-state index in [4.69, 9.17) is 4.74 Å². The van der Waals surface area contributed by atoms with Crippen LogP contribution >= 0.6 is 15.9 Å². The monoisotopic (exact) mass is 467 g/mol. The van der Waals surface area contributed by atoms with E-state index < -0.39 is 22.6 Å². The molecule has 0 aliphatic rings. The van der Waals surface area contributed by atoms with E-state index in [-0.39, 0.29) is 22.3 Å². The van der Waals surface area contributed by atoms with Gasteiger partial charge < -0.3 is 4.74 Å². The Morgan fingerprint density at radius 1 is 1.07 bits per heavy atom. The lowest BCUT2D eigenvalue weighted by Gasteiger charge is -2.12. The SMILES string of the molecule is Cc1ccc(C)c(C(=O)COC(=O)c2cc(S(=O)(=O)NC(C)C)ccc2Br)c1. The highest BCUT2D eigenvalue weighted by atomic mass is 79.9. The number of ketones is 1. The van der Waals surface area contributed by atoms with Gasteiger partial charge in [-0.25, -0.2) is 17.9 Å². The van der Waals surface area contributed by atoms with E-state index in [1.165, 1.54) is 18.2 Å². The fourth-order valence-corrected chi connectivity index (χ4v) is 4.21. The number of carbonyl (C=O) groups excluding carboxylic acids is 2. The molecule has 0 bridgehead atoms. The minimum Gasteiger partial charge on any atom is -0.454 e. The van der Waals surface area contributed by atoms with E-state index in [0.29, 0.717) is 10.0 Å². The Hall–Kier alpha value is -2.03. The maximum atomic E-state index is 12.4. The molecule has 0 spiro atoms. The third kappa shape index (κ3) is 5.50. The lowest BCUT2D eigenvalue weighted by Crippen LogP contribution is -2.30. The van der Waals surface area contributed by atoms with Gasteiger partial charge >= 0.3 is 5.97 Å². The molecule has 150 valence electrons. The lowest BCUT2D eigenvalue weighted by molar-refractivity contribution is 0.0473. The van der Waals surface area contributed by atoms with Crippen molar-refractivity contribution in [1.82, 2.24) is 4.72 Å². The lowest BCUT2D eigenvalue weighted by atomic mass is 10.0. The van der Waals surface area contributed by atoms with Gasteiger partial charge in [-0.15, -0.1) is 0 Å². The molecule has 0 fully saturated rings. The maximum absolute atomic E-state index is 12.4. The molecule has 0 aliphatic carbocycles. The molecule has 2 aromatic carbocycles. The molecule has 2 aromatic rings. The van der Waals surface area contributed by atoms with Gasteiger partial charge in [-0.1, -0.05) is 17.7 Å². The Balaban J connectivity index is 2.19. The molecule has 0 atom stereocenters. The predicted molar refractivity (Wildman–Crippen MR) is 110 cm³/mol. The second-order valence-corrected chi connectivity index (χ2v) is 9.30. The van der Waals surface area contributed by atoms with Gasteiger partial charge in [0.2, 0.25) is 15.8 Å². The second-order valence-electron chi connectivity index (χ2n) is 6.74. The van der Waals surface area contributed by atoms with Crippen LogP contribution in [0.25, 0.3) is 0 Å². The van der Waals surface area contributed by atoms with Gasteiger partial charge in [-0.05, 0) is 73.5 Å². The summed E-state index contributed by atoms with van der Waals surface area (Å²) in [6.07, 6.45) is 0. The number of rotatable bonds is 7. The summed E-state index contributed by atoms with van der Waals surface area (Å²) in [5, 5.41) is 0. The van der Waals surface area contributed by atoms with Gasteiger partial charge in [0.25, 0.3) is 0 Å². The average molecular weight is 468 g/mol. The van der Waals surface area contributed by atoms with Crippen LogP contribution < -0.4 is 4.72 Å². The van der Waals surface area contributed by atoms with Crippen LogP contribution in [0.15, 0.2) is 45.8 Å². The van der Waals surface area contributed by atoms with E-state index in [0.717, 1.165) is 11.1 Å². The molecule has 0 aromatic heterocycles. The minimum atomic E-state index is -3.76. The first-order valence-electron chi connectivity index (χ1n) is 8.60. The van der Waals surface area contributed by atoms with Gasteiger partial charge in [-0.2, -0.15) is 0 Å².